The van der Waals surface area contributed by atoms with E-state index >= 15 is 0 Å². The zero-order valence-electron chi connectivity index (χ0n) is 10.8. The number of rotatable bonds is 4. The molecule has 4 nitrogen and oxygen atoms in total. The summed E-state index contributed by atoms with van der Waals surface area (Å²) in [5.41, 5.74) is 1.05. The third-order valence-corrected chi connectivity index (χ3v) is 2.11. The highest BCUT2D eigenvalue weighted by Crippen LogP contribution is 2.09. The number of halogens is 1. The third kappa shape index (κ3) is 5.43. The van der Waals surface area contributed by atoms with Crippen LogP contribution < -0.4 is 0 Å². The van der Waals surface area contributed by atoms with Crippen molar-refractivity contribution in [1.82, 2.24) is 5.12 Å². The van der Waals surface area contributed by atoms with E-state index in [-0.39, 0.29) is 17.1 Å². The number of carbonyl (C=O) groups excluding carboxylic acids is 1. The Morgan fingerprint density at radius 2 is 1.72 bits per heavy atom. The van der Waals surface area contributed by atoms with Gasteiger partial charge in [-0.1, -0.05) is 30.5 Å². The Bertz CT molecular complexity index is 388. The molecule has 0 aliphatic carbocycles. The van der Waals surface area contributed by atoms with Crippen molar-refractivity contribution in [3.05, 3.63) is 35.4 Å². The highest BCUT2D eigenvalue weighted by atomic mass is 19.2. The number of carboxylic acid groups (broad SMARTS) is 1. The third-order valence-electron chi connectivity index (χ3n) is 2.11. The van der Waals surface area contributed by atoms with E-state index < -0.39 is 11.9 Å². The Kier molecular flexibility index (Phi) is 7.35. The van der Waals surface area contributed by atoms with Crippen LogP contribution in [0.5, 0.6) is 0 Å². The van der Waals surface area contributed by atoms with Crippen LogP contribution >= 0.6 is 0 Å². The number of amides is 1. The van der Waals surface area contributed by atoms with Gasteiger partial charge in [-0.15, -0.1) is 0 Å². The van der Waals surface area contributed by atoms with E-state index in [2.05, 4.69) is 0 Å². The van der Waals surface area contributed by atoms with Crippen LogP contribution in [-0.2, 0) is 11.2 Å². The molecule has 0 unspecified atom stereocenters. The average Bonchev–Trinajstić information content (AvgIpc) is 2.38. The number of carboxylic acids is 1. The van der Waals surface area contributed by atoms with Gasteiger partial charge in [0.1, 0.15) is 0 Å². The second-order valence-corrected chi connectivity index (χ2v) is 3.37. The lowest BCUT2D eigenvalue weighted by Crippen LogP contribution is -2.17. The number of hydrogen-bond acceptors (Lipinski definition) is 2. The maximum atomic E-state index is 12.5. The van der Waals surface area contributed by atoms with E-state index in [1.807, 2.05) is 13.8 Å². The molecule has 0 aromatic heterocycles. The fourth-order valence-corrected chi connectivity index (χ4v) is 1.24. The van der Waals surface area contributed by atoms with Crippen molar-refractivity contribution in [2.24, 2.45) is 0 Å². The quantitative estimate of drug-likeness (QED) is 0.841. The Morgan fingerprint density at radius 1 is 1.22 bits per heavy atom. The molecule has 0 saturated carbocycles. The first-order valence-electron chi connectivity index (χ1n) is 5.75. The number of carbonyl (C=O) groups is 2. The molecule has 0 spiro atoms. The molecular weight excluding hydrogens is 237 g/mol. The molecule has 0 radical (unpaired) electrons. The molecule has 18 heavy (non-hydrogen) atoms. The lowest BCUT2D eigenvalue weighted by molar-refractivity contribution is -0.136. The first-order chi connectivity index (χ1) is 8.50. The highest BCUT2D eigenvalue weighted by molar-refractivity contribution is 5.93. The topological polar surface area (TPSA) is 57.6 Å². The lowest BCUT2D eigenvalue weighted by Gasteiger charge is -2.05. The minimum Gasteiger partial charge on any atom is -0.481 e. The Morgan fingerprint density at radius 3 is 2.11 bits per heavy atom. The summed E-state index contributed by atoms with van der Waals surface area (Å²) in [5, 5.41) is 8.49. The van der Waals surface area contributed by atoms with Crippen molar-refractivity contribution in [3.8, 4) is 0 Å². The van der Waals surface area contributed by atoms with Crippen molar-refractivity contribution >= 4 is 11.9 Å². The molecule has 5 heteroatoms. The van der Waals surface area contributed by atoms with Gasteiger partial charge in [-0.05, 0) is 24.1 Å². The fourth-order valence-electron chi connectivity index (χ4n) is 1.24. The molecule has 100 valence electrons. The van der Waals surface area contributed by atoms with E-state index in [0.29, 0.717) is 6.42 Å². The number of benzene rings is 1. The van der Waals surface area contributed by atoms with Gasteiger partial charge in [-0.25, -0.2) is 0 Å². The van der Waals surface area contributed by atoms with Gasteiger partial charge in [0, 0.05) is 19.0 Å². The van der Waals surface area contributed by atoms with Gasteiger partial charge in [-0.2, -0.15) is 5.12 Å². The standard InChI is InChI=1S/C11H12FNO3.C2H6/c1-13(12)11(16)9-5-2-8(3-6-9)4-7-10(14)15;1-2/h2-3,5-6H,4,7H2,1H3,(H,14,15);1-2H3. The Balaban J connectivity index is 0.00000137. The van der Waals surface area contributed by atoms with Gasteiger partial charge < -0.3 is 5.11 Å². The molecule has 1 rings (SSSR count). The predicted molar refractivity (Wildman–Crippen MR) is 66.9 cm³/mol. The van der Waals surface area contributed by atoms with Gasteiger partial charge in [-0.3, -0.25) is 9.59 Å². The summed E-state index contributed by atoms with van der Waals surface area (Å²) in [5.74, 6) is -1.59. The molecule has 1 N–H and O–H groups in total. The molecule has 0 heterocycles. The van der Waals surface area contributed by atoms with E-state index in [1.54, 1.807) is 12.1 Å². The van der Waals surface area contributed by atoms with Crippen LogP contribution in [-0.4, -0.2) is 29.2 Å². The molecular formula is C13H18FNO3. The van der Waals surface area contributed by atoms with Crippen LogP contribution in [0.1, 0.15) is 36.2 Å². The lowest BCUT2D eigenvalue weighted by atomic mass is 10.1. The maximum Gasteiger partial charge on any atom is 0.303 e. The molecule has 0 aliphatic heterocycles. The molecule has 0 aliphatic rings. The van der Waals surface area contributed by atoms with Crippen molar-refractivity contribution in [3.63, 3.8) is 0 Å². The summed E-state index contributed by atoms with van der Waals surface area (Å²) >= 11 is 0. The Hall–Kier alpha value is -1.91. The molecule has 1 aromatic carbocycles. The van der Waals surface area contributed by atoms with Crippen LogP contribution in [0, 0.1) is 0 Å². The molecule has 1 aromatic rings. The number of aryl methyl sites for hydroxylation is 1. The number of aliphatic carboxylic acids is 1. The summed E-state index contributed by atoms with van der Waals surface area (Å²) < 4.78 is 12.5. The molecule has 0 fully saturated rings. The Labute approximate surface area is 106 Å². The van der Waals surface area contributed by atoms with Crippen LogP contribution in [0.4, 0.5) is 4.48 Å². The molecule has 1 amide bonds. The van der Waals surface area contributed by atoms with E-state index in [4.69, 9.17) is 5.11 Å². The predicted octanol–water partition coefficient (Wildman–Crippen LogP) is 2.69. The van der Waals surface area contributed by atoms with E-state index in [0.717, 1.165) is 12.6 Å². The minimum atomic E-state index is -0.872. The van der Waals surface area contributed by atoms with Crippen LogP contribution in [0.3, 0.4) is 0 Å². The summed E-state index contributed by atoms with van der Waals surface area (Å²) in [7, 11) is 1.03. The van der Waals surface area contributed by atoms with Crippen LogP contribution in [0.2, 0.25) is 0 Å². The summed E-state index contributed by atoms with van der Waals surface area (Å²) in [6.07, 6.45) is 0.436. The van der Waals surface area contributed by atoms with Crippen LogP contribution in [0.15, 0.2) is 24.3 Å². The monoisotopic (exact) mass is 255 g/mol. The largest absolute Gasteiger partial charge is 0.481 e. The minimum absolute atomic E-state index is 0.00621. The highest BCUT2D eigenvalue weighted by Gasteiger charge is 2.10. The molecule has 0 saturated heterocycles. The van der Waals surface area contributed by atoms with E-state index in [1.165, 1.54) is 12.1 Å². The van der Waals surface area contributed by atoms with Crippen molar-refractivity contribution in [1.29, 1.82) is 0 Å². The molecule has 0 bridgehead atoms. The van der Waals surface area contributed by atoms with E-state index in [9.17, 15) is 14.1 Å². The first-order valence-corrected chi connectivity index (χ1v) is 5.75. The summed E-state index contributed by atoms with van der Waals surface area (Å²) in [6.45, 7) is 4.00. The van der Waals surface area contributed by atoms with Crippen molar-refractivity contribution in [2.75, 3.05) is 7.05 Å². The summed E-state index contributed by atoms with van der Waals surface area (Å²) in [4.78, 5) is 21.5. The van der Waals surface area contributed by atoms with Gasteiger partial charge in [0.15, 0.2) is 0 Å². The number of hydrogen-bond donors (Lipinski definition) is 1. The second-order valence-electron chi connectivity index (χ2n) is 3.37. The van der Waals surface area contributed by atoms with Crippen LogP contribution in [0.25, 0.3) is 0 Å². The van der Waals surface area contributed by atoms with Crippen molar-refractivity contribution in [2.45, 2.75) is 26.7 Å². The van der Waals surface area contributed by atoms with Gasteiger partial charge in [0.05, 0.1) is 0 Å². The van der Waals surface area contributed by atoms with Gasteiger partial charge in [0.25, 0.3) is 5.91 Å². The van der Waals surface area contributed by atoms with Gasteiger partial charge in [0.2, 0.25) is 0 Å². The maximum absolute atomic E-state index is 12.5. The smallest absolute Gasteiger partial charge is 0.303 e. The average molecular weight is 255 g/mol. The first kappa shape index (κ1) is 16.1. The normalized spacial score (nSPS) is 9.11. The van der Waals surface area contributed by atoms with Gasteiger partial charge >= 0.3 is 5.97 Å². The van der Waals surface area contributed by atoms with Crippen molar-refractivity contribution < 1.29 is 19.2 Å². The summed E-state index contributed by atoms with van der Waals surface area (Å²) in [6, 6.07) is 6.21. The fraction of sp³-hybridized carbons (Fsp3) is 0.385. The number of nitrogens with zero attached hydrogens (tertiary/aromatic N) is 1. The second kappa shape index (κ2) is 8.22. The zero-order valence-corrected chi connectivity index (χ0v) is 10.8. The SMILES string of the molecule is CC.CN(F)C(=O)c1ccc(CCC(=O)O)cc1. The molecule has 0 atom stereocenters. The zero-order chi connectivity index (χ0) is 14.1.